The lowest BCUT2D eigenvalue weighted by Gasteiger charge is -2.27. The van der Waals surface area contributed by atoms with E-state index < -0.39 is 6.10 Å². The zero-order valence-electron chi connectivity index (χ0n) is 12.1. The highest BCUT2D eigenvalue weighted by atomic mass is 35.5. The number of likely N-dealkylation sites (tertiary alicyclic amines) is 1. The van der Waals surface area contributed by atoms with Crippen LogP contribution in [0.5, 0.6) is 0 Å². The van der Waals surface area contributed by atoms with Crippen molar-refractivity contribution in [2.24, 2.45) is 0 Å². The van der Waals surface area contributed by atoms with Gasteiger partial charge in [0.2, 0.25) is 5.91 Å². The molecule has 1 aromatic carbocycles. The van der Waals surface area contributed by atoms with Gasteiger partial charge in [-0.05, 0) is 37.1 Å². The van der Waals surface area contributed by atoms with Crippen molar-refractivity contribution in [1.29, 1.82) is 0 Å². The molecule has 0 spiro atoms. The number of amides is 1. The Morgan fingerprint density at radius 1 is 1.45 bits per heavy atom. The van der Waals surface area contributed by atoms with E-state index in [0.29, 0.717) is 11.6 Å². The minimum atomic E-state index is -0.868. The molecule has 2 atom stereocenters. The largest absolute Gasteiger partial charge is 0.394 e. The van der Waals surface area contributed by atoms with Crippen LogP contribution in [0.1, 0.15) is 18.5 Å². The van der Waals surface area contributed by atoms with E-state index in [2.05, 4.69) is 4.98 Å². The van der Waals surface area contributed by atoms with E-state index in [9.17, 15) is 9.90 Å². The van der Waals surface area contributed by atoms with Gasteiger partial charge in [0.25, 0.3) is 0 Å². The molecule has 2 unspecified atom stereocenters. The number of H-pyrrole nitrogens is 1. The van der Waals surface area contributed by atoms with Crippen molar-refractivity contribution in [2.75, 3.05) is 13.2 Å². The molecule has 118 valence electrons. The monoisotopic (exact) mass is 322 g/mol. The van der Waals surface area contributed by atoms with Gasteiger partial charge in [-0.3, -0.25) is 4.79 Å². The molecule has 0 aliphatic carbocycles. The summed E-state index contributed by atoms with van der Waals surface area (Å²) in [5, 5.41) is 20.6. The van der Waals surface area contributed by atoms with Crippen LogP contribution >= 0.6 is 11.6 Å². The lowest BCUT2D eigenvalue weighted by Crippen LogP contribution is -2.44. The molecule has 3 rings (SSSR count). The molecule has 3 N–H and O–H groups in total. The summed E-state index contributed by atoms with van der Waals surface area (Å²) in [6, 6.07) is 7.19. The zero-order chi connectivity index (χ0) is 15.7. The molecular formula is C16H19ClN2O3. The number of benzene rings is 1. The standard InChI is InChI=1S/C16H19ClN2O3/c17-11-3-4-13-10(6-11)7-12(18-13)8-16(22)19-5-1-2-14(19)15(21)9-20/h3-4,6-7,14-15,18,20-21H,1-2,5,8-9H2. The van der Waals surface area contributed by atoms with E-state index in [0.717, 1.165) is 29.4 Å². The van der Waals surface area contributed by atoms with Crippen molar-refractivity contribution in [1.82, 2.24) is 9.88 Å². The number of carbonyl (C=O) groups excluding carboxylic acids is 1. The number of carbonyl (C=O) groups is 1. The summed E-state index contributed by atoms with van der Waals surface area (Å²) in [6.07, 6.45) is 0.972. The lowest BCUT2D eigenvalue weighted by atomic mass is 10.1. The number of aromatic amines is 1. The van der Waals surface area contributed by atoms with Gasteiger partial charge < -0.3 is 20.1 Å². The summed E-state index contributed by atoms with van der Waals surface area (Å²) < 4.78 is 0. The molecule has 2 heterocycles. The van der Waals surface area contributed by atoms with E-state index in [1.165, 1.54) is 0 Å². The predicted molar refractivity (Wildman–Crippen MR) is 84.8 cm³/mol. The fourth-order valence-corrected chi connectivity index (χ4v) is 3.33. The fraction of sp³-hybridized carbons (Fsp3) is 0.438. The molecule has 1 amide bonds. The van der Waals surface area contributed by atoms with Crippen molar-refractivity contribution < 1.29 is 15.0 Å². The number of aromatic nitrogens is 1. The molecule has 1 saturated heterocycles. The van der Waals surface area contributed by atoms with Gasteiger partial charge >= 0.3 is 0 Å². The number of aliphatic hydroxyl groups excluding tert-OH is 2. The summed E-state index contributed by atoms with van der Waals surface area (Å²) in [5.74, 6) is -0.0346. The molecule has 1 aliphatic rings. The van der Waals surface area contributed by atoms with Gasteiger partial charge in [-0.1, -0.05) is 11.6 Å². The van der Waals surface area contributed by atoms with E-state index in [1.807, 2.05) is 18.2 Å². The summed E-state index contributed by atoms with van der Waals surface area (Å²) in [7, 11) is 0. The second kappa shape index (κ2) is 6.28. The highest BCUT2D eigenvalue weighted by molar-refractivity contribution is 6.31. The quantitative estimate of drug-likeness (QED) is 0.802. The van der Waals surface area contributed by atoms with E-state index >= 15 is 0 Å². The van der Waals surface area contributed by atoms with Crippen LogP contribution in [0.25, 0.3) is 10.9 Å². The Balaban J connectivity index is 1.75. The van der Waals surface area contributed by atoms with Crippen LogP contribution in [0.3, 0.4) is 0 Å². The molecule has 0 saturated carbocycles. The Bertz CT molecular complexity index is 685. The van der Waals surface area contributed by atoms with Crippen molar-refractivity contribution in [3.05, 3.63) is 35.0 Å². The number of nitrogens with one attached hydrogen (secondary N) is 1. The van der Waals surface area contributed by atoms with Crippen LogP contribution in [0, 0.1) is 0 Å². The second-order valence-corrected chi connectivity index (χ2v) is 6.19. The van der Waals surface area contributed by atoms with Gasteiger partial charge in [-0.2, -0.15) is 0 Å². The predicted octanol–water partition coefficient (Wildman–Crippen LogP) is 1.71. The fourth-order valence-electron chi connectivity index (χ4n) is 3.15. The van der Waals surface area contributed by atoms with Crippen LogP contribution in [0.4, 0.5) is 0 Å². The molecule has 6 heteroatoms. The number of hydrogen-bond donors (Lipinski definition) is 3. The topological polar surface area (TPSA) is 76.6 Å². The molecule has 22 heavy (non-hydrogen) atoms. The Hall–Kier alpha value is -1.56. The third-order valence-corrected chi connectivity index (χ3v) is 4.47. The average molecular weight is 323 g/mol. The number of nitrogens with zero attached hydrogens (tertiary/aromatic N) is 1. The second-order valence-electron chi connectivity index (χ2n) is 5.75. The molecular weight excluding hydrogens is 304 g/mol. The summed E-state index contributed by atoms with van der Waals surface area (Å²) >= 11 is 5.97. The normalized spacial score (nSPS) is 19.8. The van der Waals surface area contributed by atoms with Crippen LogP contribution < -0.4 is 0 Å². The molecule has 0 radical (unpaired) electrons. The van der Waals surface area contributed by atoms with E-state index in [4.69, 9.17) is 16.7 Å². The number of hydrogen-bond acceptors (Lipinski definition) is 3. The van der Waals surface area contributed by atoms with E-state index in [-0.39, 0.29) is 25.0 Å². The number of aliphatic hydroxyl groups is 2. The Morgan fingerprint density at radius 3 is 3.05 bits per heavy atom. The third-order valence-electron chi connectivity index (χ3n) is 4.23. The lowest BCUT2D eigenvalue weighted by molar-refractivity contribution is -0.133. The van der Waals surface area contributed by atoms with Gasteiger partial charge in [0, 0.05) is 28.2 Å². The van der Waals surface area contributed by atoms with Crippen LogP contribution in [-0.4, -0.2) is 51.3 Å². The first-order chi connectivity index (χ1) is 10.6. The van der Waals surface area contributed by atoms with Crippen molar-refractivity contribution in [3.63, 3.8) is 0 Å². The van der Waals surface area contributed by atoms with Gasteiger partial charge in [-0.25, -0.2) is 0 Å². The van der Waals surface area contributed by atoms with Gasteiger partial charge in [0.15, 0.2) is 0 Å². The van der Waals surface area contributed by atoms with Crippen molar-refractivity contribution in [3.8, 4) is 0 Å². The highest BCUT2D eigenvalue weighted by Crippen LogP contribution is 2.23. The Labute approximate surface area is 133 Å². The molecule has 1 aromatic heterocycles. The summed E-state index contributed by atoms with van der Waals surface area (Å²) in [5.41, 5.74) is 1.77. The van der Waals surface area contributed by atoms with Crippen LogP contribution in [0.2, 0.25) is 5.02 Å². The third kappa shape index (κ3) is 2.97. The smallest absolute Gasteiger partial charge is 0.228 e. The van der Waals surface area contributed by atoms with Crippen molar-refractivity contribution >= 4 is 28.4 Å². The highest BCUT2D eigenvalue weighted by Gasteiger charge is 2.33. The van der Waals surface area contributed by atoms with Gasteiger partial charge in [0.05, 0.1) is 25.2 Å². The maximum Gasteiger partial charge on any atom is 0.228 e. The first-order valence-corrected chi connectivity index (χ1v) is 7.82. The van der Waals surface area contributed by atoms with E-state index in [1.54, 1.807) is 11.0 Å². The average Bonchev–Trinajstić information content (AvgIpc) is 3.11. The minimum absolute atomic E-state index is 0.0346. The maximum absolute atomic E-state index is 12.5. The Morgan fingerprint density at radius 2 is 2.27 bits per heavy atom. The molecule has 5 nitrogen and oxygen atoms in total. The summed E-state index contributed by atoms with van der Waals surface area (Å²) in [6.45, 7) is 0.311. The Kier molecular flexibility index (Phi) is 4.38. The van der Waals surface area contributed by atoms with Crippen LogP contribution in [0.15, 0.2) is 24.3 Å². The number of halogens is 1. The van der Waals surface area contributed by atoms with Crippen molar-refractivity contribution in [2.45, 2.75) is 31.4 Å². The molecule has 0 bridgehead atoms. The SMILES string of the molecule is O=C(Cc1cc2cc(Cl)ccc2[nH]1)N1CCCC1C(O)CO. The first kappa shape index (κ1) is 15.3. The molecule has 1 aliphatic heterocycles. The summed E-state index contributed by atoms with van der Waals surface area (Å²) in [4.78, 5) is 17.4. The number of fused-ring (bicyclic) bond motifs is 1. The number of rotatable bonds is 4. The maximum atomic E-state index is 12.5. The van der Waals surface area contributed by atoms with Gasteiger partial charge in [-0.15, -0.1) is 0 Å². The van der Waals surface area contributed by atoms with Crippen LogP contribution in [-0.2, 0) is 11.2 Å². The zero-order valence-corrected chi connectivity index (χ0v) is 12.9. The first-order valence-electron chi connectivity index (χ1n) is 7.44. The molecule has 2 aromatic rings. The molecule has 1 fully saturated rings. The minimum Gasteiger partial charge on any atom is -0.394 e. The van der Waals surface area contributed by atoms with Gasteiger partial charge in [0.1, 0.15) is 0 Å².